The van der Waals surface area contributed by atoms with E-state index in [9.17, 15) is 9.59 Å². The summed E-state index contributed by atoms with van der Waals surface area (Å²) in [6.07, 6.45) is 2.06. The number of aromatic nitrogens is 1. The Hall–Kier alpha value is -3.66. The first-order valence-electron chi connectivity index (χ1n) is 10.1. The number of aldehydes is 1. The number of benzene rings is 3. The molecule has 4 nitrogen and oxygen atoms in total. The predicted octanol–water partition coefficient (Wildman–Crippen LogP) is 4.61. The molecule has 0 aliphatic carbocycles. The number of amides is 1. The van der Waals surface area contributed by atoms with Crippen LogP contribution in [-0.2, 0) is 17.6 Å². The van der Waals surface area contributed by atoms with Gasteiger partial charge in [-0.05, 0) is 48.1 Å². The Morgan fingerprint density at radius 3 is 2.27 bits per heavy atom. The van der Waals surface area contributed by atoms with E-state index in [2.05, 4.69) is 28.5 Å². The molecule has 1 atom stereocenters. The van der Waals surface area contributed by atoms with Crippen molar-refractivity contribution in [3.8, 4) is 0 Å². The third kappa shape index (κ3) is 4.18. The molecule has 4 rings (SSSR count). The maximum Gasteiger partial charge on any atom is 0.268 e. The third-order valence-corrected chi connectivity index (χ3v) is 5.40. The van der Waals surface area contributed by atoms with Crippen LogP contribution in [-0.4, -0.2) is 23.2 Å². The van der Waals surface area contributed by atoms with Crippen molar-refractivity contribution in [3.05, 3.63) is 107 Å². The summed E-state index contributed by atoms with van der Waals surface area (Å²) in [5.74, 6) is -0.262. The van der Waals surface area contributed by atoms with Crippen LogP contribution in [0.25, 0.3) is 10.9 Å². The molecule has 0 aliphatic rings. The Labute approximate surface area is 175 Å². The van der Waals surface area contributed by atoms with Crippen LogP contribution in [0.4, 0.5) is 0 Å². The van der Waals surface area contributed by atoms with E-state index < -0.39 is 6.04 Å². The summed E-state index contributed by atoms with van der Waals surface area (Å²) in [6, 6.07) is 25.5. The SMILES string of the molecule is Cc1c(C(=O)N[C@H](C=O)Cc2ccccc2)[nH]c2cccc(Cc3ccccc3)c12. The highest BCUT2D eigenvalue weighted by molar-refractivity contribution is 6.02. The zero-order chi connectivity index (χ0) is 20.9. The smallest absolute Gasteiger partial charge is 0.268 e. The third-order valence-electron chi connectivity index (χ3n) is 5.40. The lowest BCUT2D eigenvalue weighted by Crippen LogP contribution is -2.38. The second-order valence-corrected chi connectivity index (χ2v) is 7.53. The van der Waals surface area contributed by atoms with Gasteiger partial charge in [-0.1, -0.05) is 72.8 Å². The number of hydrogen-bond acceptors (Lipinski definition) is 2. The number of nitrogens with one attached hydrogen (secondary N) is 2. The van der Waals surface area contributed by atoms with Crippen molar-refractivity contribution in [1.82, 2.24) is 10.3 Å². The first-order chi connectivity index (χ1) is 14.7. The number of carbonyl (C=O) groups is 2. The van der Waals surface area contributed by atoms with Crippen LogP contribution in [0.3, 0.4) is 0 Å². The standard InChI is InChI=1S/C26H24N2O2/c1-18-24-21(15-19-9-4-2-5-10-19)13-8-14-23(24)28-25(18)26(30)27-22(17-29)16-20-11-6-3-7-12-20/h2-14,17,22,28H,15-16H2,1H3,(H,27,30)/t22-/m0/s1. The molecule has 0 saturated carbocycles. The lowest BCUT2D eigenvalue weighted by Gasteiger charge is -2.12. The van der Waals surface area contributed by atoms with Crippen molar-refractivity contribution in [2.45, 2.75) is 25.8 Å². The van der Waals surface area contributed by atoms with E-state index in [1.54, 1.807) is 0 Å². The maximum atomic E-state index is 13.0. The fourth-order valence-corrected chi connectivity index (χ4v) is 3.93. The van der Waals surface area contributed by atoms with Crippen LogP contribution in [0.1, 0.15) is 32.7 Å². The number of hydrogen-bond donors (Lipinski definition) is 2. The van der Waals surface area contributed by atoms with E-state index in [-0.39, 0.29) is 5.91 Å². The summed E-state index contributed by atoms with van der Waals surface area (Å²) >= 11 is 0. The van der Waals surface area contributed by atoms with Gasteiger partial charge in [0.1, 0.15) is 12.0 Å². The quantitative estimate of drug-likeness (QED) is 0.448. The second kappa shape index (κ2) is 8.78. The van der Waals surface area contributed by atoms with Crippen molar-refractivity contribution in [2.24, 2.45) is 0 Å². The molecular formula is C26H24N2O2. The van der Waals surface area contributed by atoms with Crippen LogP contribution >= 0.6 is 0 Å². The summed E-state index contributed by atoms with van der Waals surface area (Å²) in [7, 11) is 0. The van der Waals surface area contributed by atoms with E-state index in [1.165, 1.54) is 11.1 Å². The minimum Gasteiger partial charge on any atom is -0.350 e. The van der Waals surface area contributed by atoms with Gasteiger partial charge in [0.15, 0.2) is 0 Å². The average molecular weight is 396 g/mol. The number of rotatable bonds is 7. The molecular weight excluding hydrogens is 372 g/mol. The number of carbonyl (C=O) groups excluding carboxylic acids is 2. The van der Waals surface area contributed by atoms with Crippen molar-refractivity contribution >= 4 is 23.1 Å². The second-order valence-electron chi connectivity index (χ2n) is 7.53. The zero-order valence-corrected chi connectivity index (χ0v) is 16.9. The van der Waals surface area contributed by atoms with Gasteiger partial charge in [-0.25, -0.2) is 0 Å². The number of aromatic amines is 1. The minimum atomic E-state index is -0.575. The molecule has 0 unspecified atom stereocenters. The van der Waals surface area contributed by atoms with E-state index in [0.717, 1.165) is 34.7 Å². The van der Waals surface area contributed by atoms with E-state index in [4.69, 9.17) is 0 Å². The van der Waals surface area contributed by atoms with Crippen molar-refractivity contribution in [2.75, 3.05) is 0 Å². The highest BCUT2D eigenvalue weighted by Gasteiger charge is 2.20. The van der Waals surface area contributed by atoms with Gasteiger partial charge in [0, 0.05) is 10.9 Å². The fourth-order valence-electron chi connectivity index (χ4n) is 3.93. The van der Waals surface area contributed by atoms with Gasteiger partial charge >= 0.3 is 0 Å². The van der Waals surface area contributed by atoms with Crippen LogP contribution in [0.5, 0.6) is 0 Å². The monoisotopic (exact) mass is 396 g/mol. The molecule has 1 aromatic heterocycles. The summed E-state index contributed by atoms with van der Waals surface area (Å²) < 4.78 is 0. The Morgan fingerprint density at radius 2 is 1.60 bits per heavy atom. The summed E-state index contributed by atoms with van der Waals surface area (Å²) in [5.41, 5.74) is 5.73. The molecule has 0 radical (unpaired) electrons. The van der Waals surface area contributed by atoms with Gasteiger partial charge in [-0.3, -0.25) is 4.79 Å². The molecule has 0 bridgehead atoms. The van der Waals surface area contributed by atoms with Crippen LogP contribution < -0.4 is 5.32 Å². The Bertz CT molecular complexity index is 1160. The summed E-state index contributed by atoms with van der Waals surface area (Å²) in [6.45, 7) is 1.95. The molecule has 2 N–H and O–H groups in total. The van der Waals surface area contributed by atoms with E-state index >= 15 is 0 Å². The first-order valence-corrected chi connectivity index (χ1v) is 10.1. The number of aryl methyl sites for hydroxylation is 1. The van der Waals surface area contributed by atoms with Crippen LogP contribution in [0.2, 0.25) is 0 Å². The van der Waals surface area contributed by atoms with Gasteiger partial charge in [-0.2, -0.15) is 0 Å². The molecule has 0 aliphatic heterocycles. The topological polar surface area (TPSA) is 62.0 Å². The highest BCUT2D eigenvalue weighted by Crippen LogP contribution is 2.27. The van der Waals surface area contributed by atoms with Gasteiger partial charge in [0.2, 0.25) is 0 Å². The average Bonchev–Trinajstić information content (AvgIpc) is 3.12. The Morgan fingerprint density at radius 1 is 0.933 bits per heavy atom. The number of fused-ring (bicyclic) bond motifs is 1. The molecule has 0 spiro atoms. The molecule has 3 aromatic carbocycles. The number of H-pyrrole nitrogens is 1. The molecule has 0 fully saturated rings. The molecule has 0 saturated heterocycles. The van der Waals surface area contributed by atoms with Gasteiger partial charge in [-0.15, -0.1) is 0 Å². The lowest BCUT2D eigenvalue weighted by molar-refractivity contribution is -0.109. The molecule has 1 heterocycles. The zero-order valence-electron chi connectivity index (χ0n) is 16.9. The Kier molecular flexibility index (Phi) is 5.75. The minimum absolute atomic E-state index is 0.262. The van der Waals surface area contributed by atoms with Gasteiger partial charge in [0.25, 0.3) is 5.91 Å². The van der Waals surface area contributed by atoms with Gasteiger partial charge < -0.3 is 15.1 Å². The van der Waals surface area contributed by atoms with Crippen molar-refractivity contribution in [3.63, 3.8) is 0 Å². The van der Waals surface area contributed by atoms with Gasteiger partial charge in [0.05, 0.1) is 6.04 Å². The summed E-state index contributed by atoms with van der Waals surface area (Å²) in [5, 5.41) is 3.93. The normalized spacial score (nSPS) is 11.9. The molecule has 4 aromatic rings. The molecule has 1 amide bonds. The highest BCUT2D eigenvalue weighted by atomic mass is 16.2. The lowest BCUT2D eigenvalue weighted by atomic mass is 9.99. The van der Waals surface area contributed by atoms with E-state index in [1.807, 2.05) is 67.6 Å². The fraction of sp³-hybridized carbons (Fsp3) is 0.154. The molecule has 4 heteroatoms. The van der Waals surface area contributed by atoms with Crippen LogP contribution in [0.15, 0.2) is 78.9 Å². The molecule has 150 valence electrons. The van der Waals surface area contributed by atoms with Crippen molar-refractivity contribution in [1.29, 1.82) is 0 Å². The largest absolute Gasteiger partial charge is 0.350 e. The van der Waals surface area contributed by atoms with Crippen molar-refractivity contribution < 1.29 is 9.59 Å². The Balaban J connectivity index is 1.59. The summed E-state index contributed by atoms with van der Waals surface area (Å²) in [4.78, 5) is 27.8. The molecule has 30 heavy (non-hydrogen) atoms. The first kappa shape index (κ1) is 19.6. The van der Waals surface area contributed by atoms with Crippen LogP contribution in [0, 0.1) is 6.92 Å². The predicted molar refractivity (Wildman–Crippen MR) is 120 cm³/mol. The maximum absolute atomic E-state index is 13.0. The van der Waals surface area contributed by atoms with E-state index in [0.29, 0.717) is 12.1 Å².